The first-order chi connectivity index (χ1) is 18.7. The maximum atomic E-state index is 12.8. The Morgan fingerprint density at radius 1 is 0.925 bits per heavy atom. The number of hydrogen-bond acceptors (Lipinski definition) is 6. The predicted molar refractivity (Wildman–Crippen MR) is 133 cm³/mol. The Labute approximate surface area is 228 Å². The molecule has 3 heterocycles. The van der Waals surface area contributed by atoms with Gasteiger partial charge in [0.2, 0.25) is 0 Å². The van der Waals surface area contributed by atoms with Crippen LogP contribution >= 0.6 is 0 Å². The van der Waals surface area contributed by atoms with E-state index >= 15 is 0 Å². The molecule has 0 radical (unpaired) electrons. The van der Waals surface area contributed by atoms with E-state index in [0.29, 0.717) is 45.6 Å². The minimum atomic E-state index is -5.74. The van der Waals surface area contributed by atoms with Gasteiger partial charge in [-0.05, 0) is 62.4 Å². The highest BCUT2D eigenvalue weighted by molar-refractivity contribution is 5.69. The van der Waals surface area contributed by atoms with Crippen LogP contribution in [0.15, 0.2) is 18.2 Å². The van der Waals surface area contributed by atoms with Crippen LogP contribution < -0.4 is 4.90 Å². The summed E-state index contributed by atoms with van der Waals surface area (Å²) >= 11 is 0. The van der Waals surface area contributed by atoms with E-state index in [1.165, 1.54) is 0 Å². The minimum absolute atomic E-state index is 0.0114. The lowest BCUT2D eigenvalue weighted by Gasteiger charge is -2.45. The lowest BCUT2D eigenvalue weighted by molar-refractivity contribution is -0.308. The highest BCUT2D eigenvalue weighted by Gasteiger charge is 2.60. The molecule has 1 N–H and O–H groups in total. The third kappa shape index (κ3) is 7.12. The van der Waals surface area contributed by atoms with E-state index < -0.39 is 30.5 Å². The summed E-state index contributed by atoms with van der Waals surface area (Å²) in [6.45, 7) is 6.19. The number of piperidine rings is 1. The topological polar surface area (TPSA) is 76.6 Å². The van der Waals surface area contributed by atoms with Gasteiger partial charge in [0.25, 0.3) is 6.10 Å². The number of piperazine rings is 1. The van der Waals surface area contributed by atoms with Crippen LogP contribution in [0.1, 0.15) is 36.8 Å². The zero-order valence-corrected chi connectivity index (χ0v) is 22.2. The summed E-state index contributed by atoms with van der Waals surface area (Å²) in [5, 5.41) is 9.03. The smallest absolute Gasteiger partial charge is 0.434 e. The third-order valence-electron chi connectivity index (χ3n) is 8.10. The summed E-state index contributed by atoms with van der Waals surface area (Å²) in [6, 6.07) is 6.30. The molecule has 1 aromatic rings. The molecule has 0 unspecified atom stereocenters. The number of hydrogen-bond donors (Lipinski definition) is 1. The highest BCUT2D eigenvalue weighted by atomic mass is 19.4. The van der Waals surface area contributed by atoms with Gasteiger partial charge in [0, 0.05) is 57.0 Å². The average Bonchev–Trinajstić information content (AvgIpc) is 3.22. The Bertz CT molecular complexity index is 1050. The van der Waals surface area contributed by atoms with Gasteiger partial charge in [0.1, 0.15) is 0 Å². The summed E-state index contributed by atoms with van der Waals surface area (Å²) in [5.41, 5.74) is 2.93. The molecule has 4 rings (SSSR count). The van der Waals surface area contributed by atoms with Crippen molar-refractivity contribution in [1.29, 1.82) is 0 Å². The molecular formula is C26H34F6N4O4. The molecule has 3 aliphatic heterocycles. The van der Waals surface area contributed by atoms with Crippen molar-refractivity contribution in [2.75, 3.05) is 57.3 Å². The SMILES string of the molecule is Cc1cc(CN2CCCC23CCN(C(=O)OC(C(F)(F)F)C(F)(F)F)CC3)cc(N2CCN(CC(=O)O)CC2)c1. The number of aliphatic carboxylic acids is 1. The second-order valence-corrected chi connectivity index (χ2v) is 10.9. The number of ether oxygens (including phenoxy) is 1. The minimum Gasteiger partial charge on any atom is -0.480 e. The fourth-order valence-electron chi connectivity index (χ4n) is 6.10. The predicted octanol–water partition coefficient (Wildman–Crippen LogP) is 4.26. The van der Waals surface area contributed by atoms with Crippen molar-refractivity contribution < 1.29 is 45.8 Å². The van der Waals surface area contributed by atoms with Crippen LogP contribution in [0.25, 0.3) is 0 Å². The molecule has 0 aliphatic carbocycles. The molecule has 0 atom stereocenters. The number of carboxylic acid groups (broad SMARTS) is 1. The number of halogens is 6. The van der Waals surface area contributed by atoms with Crippen LogP contribution in [0.4, 0.5) is 36.8 Å². The van der Waals surface area contributed by atoms with Gasteiger partial charge in [-0.25, -0.2) is 4.79 Å². The maximum absolute atomic E-state index is 12.8. The third-order valence-corrected chi connectivity index (χ3v) is 8.10. The maximum Gasteiger partial charge on any atom is 0.434 e. The molecular weight excluding hydrogens is 546 g/mol. The van der Waals surface area contributed by atoms with Gasteiger partial charge in [-0.2, -0.15) is 26.3 Å². The van der Waals surface area contributed by atoms with Gasteiger partial charge in [-0.3, -0.25) is 14.6 Å². The van der Waals surface area contributed by atoms with E-state index in [4.69, 9.17) is 5.11 Å². The van der Waals surface area contributed by atoms with Crippen molar-refractivity contribution in [3.63, 3.8) is 0 Å². The monoisotopic (exact) mass is 580 g/mol. The van der Waals surface area contributed by atoms with E-state index in [2.05, 4.69) is 32.7 Å². The standard InChI is InChI=1S/C26H34F6N4O4/c1-18-13-19(15-20(14-18)34-11-9-33(10-12-34)17-21(37)38)16-36-6-2-3-24(36)4-7-35(8-5-24)23(39)40-22(25(27,28)29)26(30,31)32/h13-15,22H,2-12,16-17H2,1H3,(H,37,38). The summed E-state index contributed by atoms with van der Waals surface area (Å²) in [7, 11) is 0. The molecule has 0 saturated carbocycles. The molecule has 40 heavy (non-hydrogen) atoms. The molecule has 14 heteroatoms. The summed E-state index contributed by atoms with van der Waals surface area (Å²) < 4.78 is 80.9. The van der Waals surface area contributed by atoms with Gasteiger partial charge in [0.15, 0.2) is 0 Å². The Morgan fingerprint density at radius 3 is 2.12 bits per heavy atom. The first-order valence-corrected chi connectivity index (χ1v) is 13.3. The molecule has 0 aromatic heterocycles. The van der Waals surface area contributed by atoms with Gasteiger partial charge in [0.05, 0.1) is 6.54 Å². The molecule has 1 aromatic carbocycles. The van der Waals surface area contributed by atoms with E-state index in [1.807, 2.05) is 11.8 Å². The molecule has 1 spiro atoms. The molecule has 8 nitrogen and oxygen atoms in total. The van der Waals surface area contributed by atoms with Crippen LogP contribution in [0, 0.1) is 6.92 Å². The van der Waals surface area contributed by atoms with Crippen LogP contribution in [0.2, 0.25) is 0 Å². The van der Waals surface area contributed by atoms with Crippen LogP contribution in [0.3, 0.4) is 0 Å². The second-order valence-electron chi connectivity index (χ2n) is 10.9. The number of rotatable bonds is 6. The average molecular weight is 581 g/mol. The molecule has 3 saturated heterocycles. The van der Waals surface area contributed by atoms with E-state index in [9.17, 15) is 35.9 Å². The Kier molecular flexibility index (Phi) is 8.79. The first-order valence-electron chi connectivity index (χ1n) is 13.3. The van der Waals surface area contributed by atoms with Crippen LogP contribution in [-0.2, 0) is 16.1 Å². The van der Waals surface area contributed by atoms with Crippen molar-refractivity contribution in [2.45, 2.75) is 63.1 Å². The van der Waals surface area contributed by atoms with E-state index in [0.717, 1.165) is 41.1 Å². The quantitative estimate of drug-likeness (QED) is 0.504. The highest BCUT2D eigenvalue weighted by Crippen LogP contribution is 2.41. The fourth-order valence-corrected chi connectivity index (χ4v) is 6.10. The van der Waals surface area contributed by atoms with E-state index in [1.54, 1.807) is 0 Å². The second kappa shape index (κ2) is 11.6. The Balaban J connectivity index is 1.37. The summed E-state index contributed by atoms with van der Waals surface area (Å²) in [6.07, 6.45) is -14.7. The molecule has 3 fully saturated rings. The Morgan fingerprint density at radius 2 is 1.55 bits per heavy atom. The molecule has 224 valence electrons. The van der Waals surface area contributed by atoms with Gasteiger partial charge < -0.3 is 19.6 Å². The number of alkyl halides is 6. The normalized spacial score (nSPS) is 20.9. The van der Waals surface area contributed by atoms with E-state index in [-0.39, 0.29) is 25.2 Å². The number of aryl methyl sites for hydroxylation is 1. The van der Waals surface area contributed by atoms with Crippen LogP contribution in [0.5, 0.6) is 0 Å². The Hall–Kier alpha value is -2.74. The zero-order valence-electron chi connectivity index (χ0n) is 22.2. The number of amides is 1. The van der Waals surface area contributed by atoms with Gasteiger partial charge in [-0.1, -0.05) is 6.07 Å². The van der Waals surface area contributed by atoms with Crippen molar-refractivity contribution >= 4 is 17.7 Å². The van der Waals surface area contributed by atoms with Crippen molar-refractivity contribution in [1.82, 2.24) is 14.7 Å². The number of likely N-dealkylation sites (tertiary alicyclic amines) is 2. The summed E-state index contributed by atoms with van der Waals surface area (Å²) in [5.74, 6) is -0.847. The number of benzene rings is 1. The lowest BCUT2D eigenvalue weighted by Crippen LogP contribution is -2.54. The fraction of sp³-hybridized carbons (Fsp3) is 0.692. The number of carbonyl (C=O) groups excluding carboxylic acids is 1. The van der Waals surface area contributed by atoms with Crippen molar-refractivity contribution in [2.24, 2.45) is 0 Å². The number of carboxylic acids is 1. The largest absolute Gasteiger partial charge is 0.480 e. The first kappa shape index (κ1) is 30.2. The molecule has 3 aliphatic rings. The number of nitrogens with zero attached hydrogens (tertiary/aromatic N) is 4. The van der Waals surface area contributed by atoms with Gasteiger partial charge >= 0.3 is 24.4 Å². The van der Waals surface area contributed by atoms with Gasteiger partial charge in [-0.15, -0.1) is 0 Å². The molecule has 0 bridgehead atoms. The zero-order chi connectivity index (χ0) is 29.3. The molecule has 1 amide bonds. The van der Waals surface area contributed by atoms with Crippen LogP contribution in [-0.4, -0.2) is 108 Å². The number of carbonyl (C=O) groups is 2. The summed E-state index contributed by atoms with van der Waals surface area (Å²) in [4.78, 5) is 30.6. The van der Waals surface area contributed by atoms with Crippen molar-refractivity contribution in [3.8, 4) is 0 Å². The lowest BCUT2D eigenvalue weighted by atomic mass is 9.85. The van der Waals surface area contributed by atoms with Crippen molar-refractivity contribution in [3.05, 3.63) is 29.3 Å². The number of anilines is 1.